The van der Waals surface area contributed by atoms with Crippen LogP contribution in [0.4, 0.5) is 5.69 Å². The Morgan fingerprint density at radius 2 is 1.78 bits per heavy atom. The highest BCUT2D eigenvalue weighted by Crippen LogP contribution is 2.13. The zero-order valence-corrected chi connectivity index (χ0v) is 15.4. The number of primary sulfonamides is 1. The molecular formula is C19H20N4O3S. The molecule has 0 unspecified atom stereocenters. The predicted octanol–water partition coefficient (Wildman–Crippen LogP) is 1.90. The number of rotatable bonds is 8. The summed E-state index contributed by atoms with van der Waals surface area (Å²) in [6.45, 7) is 0.621. The van der Waals surface area contributed by atoms with Gasteiger partial charge in [-0.3, -0.25) is 4.79 Å². The lowest BCUT2D eigenvalue weighted by Gasteiger charge is -2.06. The molecule has 0 aromatic heterocycles. The van der Waals surface area contributed by atoms with E-state index in [0.717, 1.165) is 12.8 Å². The van der Waals surface area contributed by atoms with Gasteiger partial charge in [-0.15, -0.1) is 0 Å². The standard InChI is InChI=1S/C19H20N4O3S/c20-13-16(14-22-12-4-7-15-5-2-1-3-6-15)19(24)23-17-8-10-18(11-9-17)27(21,25)26/h1-3,5-6,8-11,14,22H,4,7,12H2,(H,23,24)(H2,21,25,26)/b16-14-. The first kappa shape index (κ1) is 20.2. The van der Waals surface area contributed by atoms with Gasteiger partial charge in [0.05, 0.1) is 4.90 Å². The Balaban J connectivity index is 1.85. The molecule has 2 aromatic carbocycles. The summed E-state index contributed by atoms with van der Waals surface area (Å²) in [5, 5.41) is 19.7. The van der Waals surface area contributed by atoms with E-state index < -0.39 is 15.9 Å². The molecule has 1 amide bonds. The van der Waals surface area contributed by atoms with Gasteiger partial charge in [0.15, 0.2) is 0 Å². The molecule has 0 fully saturated rings. The van der Waals surface area contributed by atoms with E-state index in [4.69, 9.17) is 10.4 Å². The van der Waals surface area contributed by atoms with Crippen LogP contribution in [0.5, 0.6) is 0 Å². The molecular weight excluding hydrogens is 364 g/mol. The topological polar surface area (TPSA) is 125 Å². The van der Waals surface area contributed by atoms with E-state index in [0.29, 0.717) is 12.2 Å². The number of sulfonamides is 1. The minimum atomic E-state index is -3.79. The summed E-state index contributed by atoms with van der Waals surface area (Å²) in [7, 11) is -3.79. The van der Waals surface area contributed by atoms with Gasteiger partial charge in [-0.05, 0) is 42.7 Å². The first-order valence-corrected chi connectivity index (χ1v) is 9.76. The Bertz CT molecular complexity index is 947. The van der Waals surface area contributed by atoms with Crippen LogP contribution in [0.3, 0.4) is 0 Å². The van der Waals surface area contributed by atoms with E-state index in [1.54, 1.807) is 0 Å². The monoisotopic (exact) mass is 384 g/mol. The van der Waals surface area contributed by atoms with Crippen LogP contribution < -0.4 is 15.8 Å². The van der Waals surface area contributed by atoms with Crippen molar-refractivity contribution in [3.05, 3.63) is 71.9 Å². The number of nitrogens with two attached hydrogens (primary N) is 1. The molecule has 0 spiro atoms. The van der Waals surface area contributed by atoms with Crippen LogP contribution in [0.25, 0.3) is 0 Å². The lowest BCUT2D eigenvalue weighted by Crippen LogP contribution is -2.17. The molecule has 0 atom stereocenters. The number of aryl methyl sites for hydroxylation is 1. The fourth-order valence-corrected chi connectivity index (χ4v) is 2.80. The summed E-state index contributed by atoms with van der Waals surface area (Å²) in [6.07, 6.45) is 3.13. The first-order chi connectivity index (χ1) is 12.9. The van der Waals surface area contributed by atoms with Gasteiger partial charge in [0.1, 0.15) is 11.6 Å². The summed E-state index contributed by atoms with van der Waals surface area (Å²) in [5.74, 6) is -0.587. The summed E-state index contributed by atoms with van der Waals surface area (Å²) in [4.78, 5) is 12.1. The second-order valence-electron chi connectivity index (χ2n) is 5.74. The third-order valence-electron chi connectivity index (χ3n) is 3.68. The van der Waals surface area contributed by atoms with Crippen LogP contribution in [0.1, 0.15) is 12.0 Å². The van der Waals surface area contributed by atoms with E-state index >= 15 is 0 Å². The van der Waals surface area contributed by atoms with Gasteiger partial charge in [-0.1, -0.05) is 30.3 Å². The smallest absolute Gasteiger partial charge is 0.267 e. The number of nitrogens with zero attached hydrogens (tertiary/aromatic N) is 1. The largest absolute Gasteiger partial charge is 0.390 e. The summed E-state index contributed by atoms with van der Waals surface area (Å²) in [5.41, 5.74) is 1.51. The van der Waals surface area contributed by atoms with Crippen molar-refractivity contribution < 1.29 is 13.2 Å². The van der Waals surface area contributed by atoms with Crippen molar-refractivity contribution in [2.75, 3.05) is 11.9 Å². The van der Waals surface area contributed by atoms with Crippen LogP contribution in [0.2, 0.25) is 0 Å². The SMILES string of the molecule is N#C/C(=C/NCCCc1ccccc1)C(=O)Nc1ccc(S(N)(=O)=O)cc1. The first-order valence-electron chi connectivity index (χ1n) is 8.22. The molecule has 0 heterocycles. The molecule has 0 aliphatic heterocycles. The third kappa shape index (κ3) is 6.58. The number of nitriles is 1. The molecule has 2 rings (SSSR count). The summed E-state index contributed by atoms with van der Waals surface area (Å²) < 4.78 is 22.4. The maximum atomic E-state index is 12.1. The number of hydrogen-bond donors (Lipinski definition) is 3. The average molecular weight is 384 g/mol. The molecule has 8 heteroatoms. The zero-order chi connectivity index (χ0) is 19.7. The molecule has 27 heavy (non-hydrogen) atoms. The number of carbonyl (C=O) groups excluding carboxylic acids is 1. The minimum Gasteiger partial charge on any atom is -0.390 e. The van der Waals surface area contributed by atoms with Crippen molar-refractivity contribution >= 4 is 21.6 Å². The lowest BCUT2D eigenvalue weighted by atomic mass is 10.1. The van der Waals surface area contributed by atoms with Crippen LogP contribution in [0, 0.1) is 11.3 Å². The van der Waals surface area contributed by atoms with Crippen LogP contribution in [-0.4, -0.2) is 20.9 Å². The fraction of sp³-hybridized carbons (Fsp3) is 0.158. The number of nitrogens with one attached hydrogen (secondary N) is 2. The number of benzene rings is 2. The van der Waals surface area contributed by atoms with Crippen LogP contribution in [-0.2, 0) is 21.2 Å². The minimum absolute atomic E-state index is 0.0587. The van der Waals surface area contributed by atoms with E-state index in [2.05, 4.69) is 10.6 Å². The number of carbonyl (C=O) groups is 1. The zero-order valence-electron chi connectivity index (χ0n) is 14.6. The fourth-order valence-electron chi connectivity index (χ4n) is 2.29. The van der Waals surface area contributed by atoms with Crippen molar-refractivity contribution in [2.45, 2.75) is 17.7 Å². The molecule has 7 nitrogen and oxygen atoms in total. The maximum absolute atomic E-state index is 12.1. The number of amides is 1. The van der Waals surface area contributed by atoms with Gasteiger partial charge >= 0.3 is 0 Å². The Hall–Kier alpha value is -3.15. The van der Waals surface area contributed by atoms with E-state index in [1.165, 1.54) is 36.0 Å². The average Bonchev–Trinajstić information content (AvgIpc) is 2.65. The molecule has 0 aliphatic carbocycles. The highest BCUT2D eigenvalue weighted by atomic mass is 32.2. The van der Waals surface area contributed by atoms with Gasteiger partial charge in [0.25, 0.3) is 5.91 Å². The molecule has 0 bridgehead atoms. The van der Waals surface area contributed by atoms with Gasteiger partial charge < -0.3 is 10.6 Å². The third-order valence-corrected chi connectivity index (χ3v) is 4.61. The van der Waals surface area contributed by atoms with Crippen molar-refractivity contribution in [2.24, 2.45) is 5.14 Å². The highest BCUT2D eigenvalue weighted by Gasteiger charge is 2.11. The Kier molecular flexibility index (Phi) is 7.11. The number of anilines is 1. The summed E-state index contributed by atoms with van der Waals surface area (Å²) >= 11 is 0. The van der Waals surface area contributed by atoms with Crippen LogP contribution >= 0.6 is 0 Å². The van der Waals surface area contributed by atoms with Gasteiger partial charge in [0.2, 0.25) is 10.0 Å². The van der Waals surface area contributed by atoms with E-state index in [9.17, 15) is 13.2 Å². The predicted molar refractivity (Wildman–Crippen MR) is 103 cm³/mol. The van der Waals surface area contributed by atoms with Crippen molar-refractivity contribution in [3.8, 4) is 6.07 Å². The summed E-state index contributed by atoms with van der Waals surface area (Å²) in [6, 6.07) is 17.2. The Morgan fingerprint density at radius 1 is 1.11 bits per heavy atom. The quantitative estimate of drug-likeness (QED) is 0.364. The van der Waals surface area contributed by atoms with Gasteiger partial charge in [0, 0.05) is 18.4 Å². The second kappa shape index (κ2) is 9.52. The molecule has 4 N–H and O–H groups in total. The van der Waals surface area contributed by atoms with E-state index in [1.807, 2.05) is 36.4 Å². The van der Waals surface area contributed by atoms with Crippen molar-refractivity contribution in [1.29, 1.82) is 5.26 Å². The second-order valence-corrected chi connectivity index (χ2v) is 7.30. The maximum Gasteiger partial charge on any atom is 0.267 e. The Morgan fingerprint density at radius 3 is 2.37 bits per heavy atom. The lowest BCUT2D eigenvalue weighted by molar-refractivity contribution is -0.112. The van der Waals surface area contributed by atoms with Gasteiger partial charge in [-0.2, -0.15) is 5.26 Å². The molecule has 140 valence electrons. The number of hydrogen-bond acceptors (Lipinski definition) is 5. The molecule has 0 radical (unpaired) electrons. The molecule has 2 aromatic rings. The Labute approximate surface area is 158 Å². The van der Waals surface area contributed by atoms with Crippen molar-refractivity contribution in [1.82, 2.24) is 5.32 Å². The van der Waals surface area contributed by atoms with E-state index in [-0.39, 0.29) is 10.5 Å². The molecule has 0 saturated carbocycles. The molecule has 0 aliphatic rings. The van der Waals surface area contributed by atoms with Crippen LogP contribution in [0.15, 0.2) is 71.3 Å². The highest BCUT2D eigenvalue weighted by molar-refractivity contribution is 7.89. The van der Waals surface area contributed by atoms with Crippen molar-refractivity contribution in [3.63, 3.8) is 0 Å². The van der Waals surface area contributed by atoms with Gasteiger partial charge in [-0.25, -0.2) is 13.6 Å². The normalized spacial score (nSPS) is 11.5. The molecule has 0 saturated heterocycles.